The third kappa shape index (κ3) is 2.27. The zero-order valence-corrected chi connectivity index (χ0v) is 7.12. The van der Waals surface area contributed by atoms with Gasteiger partial charge >= 0.3 is 5.97 Å². The molecule has 0 saturated heterocycles. The predicted molar refractivity (Wildman–Crippen MR) is 46.5 cm³/mol. The van der Waals surface area contributed by atoms with Crippen LogP contribution in [0.15, 0.2) is 0 Å². The Morgan fingerprint density at radius 1 is 1.42 bits per heavy atom. The van der Waals surface area contributed by atoms with Crippen molar-refractivity contribution in [2.75, 3.05) is 0 Å². The van der Waals surface area contributed by atoms with Gasteiger partial charge in [0, 0.05) is 6.42 Å². The van der Waals surface area contributed by atoms with Gasteiger partial charge < -0.3 is 5.11 Å². The van der Waals surface area contributed by atoms with Gasteiger partial charge in [0.25, 0.3) is 0 Å². The van der Waals surface area contributed by atoms with Crippen molar-refractivity contribution < 1.29 is 9.90 Å². The van der Waals surface area contributed by atoms with E-state index in [4.69, 9.17) is 11.5 Å². The van der Waals surface area contributed by atoms with E-state index in [-0.39, 0.29) is 5.92 Å². The van der Waals surface area contributed by atoms with Gasteiger partial charge in [-0.05, 0) is 31.6 Å². The summed E-state index contributed by atoms with van der Waals surface area (Å²) in [4.78, 5) is 10.6. The summed E-state index contributed by atoms with van der Waals surface area (Å²) in [6.45, 7) is 0. The van der Waals surface area contributed by atoms with E-state index < -0.39 is 5.97 Å². The minimum Gasteiger partial charge on any atom is -0.481 e. The Labute approximate surface area is 73.0 Å². The van der Waals surface area contributed by atoms with Crippen LogP contribution in [0.2, 0.25) is 0 Å². The summed E-state index contributed by atoms with van der Waals surface area (Å²) >= 11 is 0. The molecule has 1 aliphatic carbocycles. The van der Waals surface area contributed by atoms with Crippen LogP contribution in [0.5, 0.6) is 0 Å². The Kier molecular flexibility index (Phi) is 3.16. The fourth-order valence-corrected chi connectivity index (χ4v) is 1.78. The quantitative estimate of drug-likeness (QED) is 0.636. The van der Waals surface area contributed by atoms with Gasteiger partial charge in [-0.2, -0.15) is 0 Å². The SMILES string of the molecule is C#CC[C@H]1CC[C@H](C(=O)O)CC1. The maximum absolute atomic E-state index is 10.6. The Morgan fingerprint density at radius 3 is 2.42 bits per heavy atom. The molecule has 1 fully saturated rings. The Balaban J connectivity index is 2.30. The van der Waals surface area contributed by atoms with Gasteiger partial charge in [-0.15, -0.1) is 12.3 Å². The normalized spacial score (nSPS) is 29.2. The van der Waals surface area contributed by atoms with Gasteiger partial charge in [0.05, 0.1) is 5.92 Å². The average molecular weight is 166 g/mol. The van der Waals surface area contributed by atoms with E-state index in [2.05, 4.69) is 5.92 Å². The van der Waals surface area contributed by atoms with Crippen LogP contribution in [0, 0.1) is 24.2 Å². The van der Waals surface area contributed by atoms with Crippen molar-refractivity contribution >= 4 is 5.97 Å². The molecule has 1 rings (SSSR count). The highest BCUT2D eigenvalue weighted by Crippen LogP contribution is 2.30. The number of rotatable bonds is 2. The molecule has 0 heterocycles. The topological polar surface area (TPSA) is 37.3 Å². The van der Waals surface area contributed by atoms with E-state index >= 15 is 0 Å². The van der Waals surface area contributed by atoms with Gasteiger partial charge in [0.2, 0.25) is 0 Å². The van der Waals surface area contributed by atoms with Crippen LogP contribution in [0.4, 0.5) is 0 Å². The summed E-state index contributed by atoms with van der Waals surface area (Å²) in [5.41, 5.74) is 0. The molecular formula is C10H14O2. The molecular weight excluding hydrogens is 152 g/mol. The maximum Gasteiger partial charge on any atom is 0.306 e. The molecule has 0 spiro atoms. The molecule has 2 heteroatoms. The van der Waals surface area contributed by atoms with E-state index in [1.54, 1.807) is 0 Å². The number of carboxylic acid groups (broad SMARTS) is 1. The fourth-order valence-electron chi connectivity index (χ4n) is 1.78. The first-order valence-electron chi connectivity index (χ1n) is 4.40. The molecule has 1 N–H and O–H groups in total. The van der Waals surface area contributed by atoms with Crippen LogP contribution in [0.25, 0.3) is 0 Å². The minimum atomic E-state index is -0.644. The second kappa shape index (κ2) is 4.15. The lowest BCUT2D eigenvalue weighted by atomic mass is 9.81. The van der Waals surface area contributed by atoms with Gasteiger partial charge in [-0.25, -0.2) is 0 Å². The van der Waals surface area contributed by atoms with Crippen molar-refractivity contribution in [2.45, 2.75) is 32.1 Å². The third-order valence-corrected chi connectivity index (χ3v) is 2.60. The maximum atomic E-state index is 10.6. The van der Waals surface area contributed by atoms with Crippen molar-refractivity contribution in [2.24, 2.45) is 11.8 Å². The summed E-state index contributed by atoms with van der Waals surface area (Å²) in [5, 5.41) is 8.71. The molecule has 0 bridgehead atoms. The average Bonchev–Trinajstić information content (AvgIpc) is 2.06. The summed E-state index contributed by atoms with van der Waals surface area (Å²) in [6.07, 6.45) is 9.59. The molecule has 0 atom stereocenters. The molecule has 0 aliphatic heterocycles. The zero-order valence-electron chi connectivity index (χ0n) is 7.12. The molecule has 2 nitrogen and oxygen atoms in total. The molecule has 0 aromatic carbocycles. The lowest BCUT2D eigenvalue weighted by Gasteiger charge is -2.24. The molecule has 12 heavy (non-hydrogen) atoms. The van der Waals surface area contributed by atoms with E-state index in [9.17, 15) is 4.79 Å². The predicted octanol–water partition coefficient (Wildman–Crippen LogP) is 1.90. The van der Waals surface area contributed by atoms with Crippen LogP contribution < -0.4 is 0 Å². The number of carbonyl (C=O) groups is 1. The number of aliphatic carboxylic acids is 1. The van der Waals surface area contributed by atoms with Crippen LogP contribution in [0.3, 0.4) is 0 Å². The lowest BCUT2D eigenvalue weighted by Crippen LogP contribution is -2.21. The van der Waals surface area contributed by atoms with Gasteiger partial charge in [-0.1, -0.05) is 0 Å². The Morgan fingerprint density at radius 2 is 2.00 bits per heavy atom. The van der Waals surface area contributed by atoms with Gasteiger partial charge in [0.1, 0.15) is 0 Å². The standard InChI is InChI=1S/C10H14O2/c1-2-3-8-4-6-9(7-5-8)10(11)12/h1,8-9H,3-7H2,(H,11,12)/t8-,9-. The highest BCUT2D eigenvalue weighted by molar-refractivity contribution is 5.69. The highest BCUT2D eigenvalue weighted by atomic mass is 16.4. The molecule has 1 aliphatic rings. The monoisotopic (exact) mass is 166 g/mol. The number of hydrogen-bond donors (Lipinski definition) is 1. The zero-order chi connectivity index (χ0) is 8.97. The first-order chi connectivity index (χ1) is 5.74. The van der Waals surface area contributed by atoms with Crippen LogP contribution >= 0.6 is 0 Å². The highest BCUT2D eigenvalue weighted by Gasteiger charge is 2.24. The molecule has 0 aromatic heterocycles. The molecule has 0 unspecified atom stereocenters. The van der Waals surface area contributed by atoms with E-state index in [1.165, 1.54) is 0 Å². The molecule has 1 saturated carbocycles. The number of carboxylic acids is 1. The smallest absolute Gasteiger partial charge is 0.306 e. The van der Waals surface area contributed by atoms with Crippen LogP contribution in [-0.4, -0.2) is 11.1 Å². The summed E-state index contributed by atoms with van der Waals surface area (Å²) in [5.74, 6) is 2.45. The first kappa shape index (κ1) is 9.12. The molecule has 66 valence electrons. The number of terminal acetylenes is 1. The number of hydrogen-bond acceptors (Lipinski definition) is 1. The first-order valence-corrected chi connectivity index (χ1v) is 4.40. The fraction of sp³-hybridized carbons (Fsp3) is 0.700. The largest absolute Gasteiger partial charge is 0.481 e. The van der Waals surface area contributed by atoms with E-state index in [0.29, 0.717) is 5.92 Å². The van der Waals surface area contributed by atoms with Gasteiger partial charge in [-0.3, -0.25) is 4.79 Å². The third-order valence-electron chi connectivity index (χ3n) is 2.60. The van der Waals surface area contributed by atoms with Crippen LogP contribution in [-0.2, 0) is 4.79 Å². The van der Waals surface area contributed by atoms with Gasteiger partial charge in [0.15, 0.2) is 0 Å². The van der Waals surface area contributed by atoms with E-state index in [0.717, 1.165) is 32.1 Å². The molecule has 0 aromatic rings. The van der Waals surface area contributed by atoms with Crippen molar-refractivity contribution in [3.05, 3.63) is 0 Å². The Hall–Kier alpha value is -0.970. The molecule has 0 amide bonds. The Bertz CT molecular complexity index is 194. The lowest BCUT2D eigenvalue weighted by molar-refractivity contribution is -0.143. The van der Waals surface area contributed by atoms with Crippen molar-refractivity contribution in [1.82, 2.24) is 0 Å². The van der Waals surface area contributed by atoms with Crippen molar-refractivity contribution in [1.29, 1.82) is 0 Å². The van der Waals surface area contributed by atoms with Crippen molar-refractivity contribution in [3.63, 3.8) is 0 Å². The van der Waals surface area contributed by atoms with E-state index in [1.807, 2.05) is 0 Å². The van der Waals surface area contributed by atoms with Crippen molar-refractivity contribution in [3.8, 4) is 12.3 Å². The summed E-state index contributed by atoms with van der Waals surface area (Å²) in [6, 6.07) is 0. The second-order valence-electron chi connectivity index (χ2n) is 3.46. The molecule has 0 radical (unpaired) electrons. The summed E-state index contributed by atoms with van der Waals surface area (Å²) < 4.78 is 0. The second-order valence-corrected chi connectivity index (χ2v) is 3.46. The minimum absolute atomic E-state index is 0.112. The van der Waals surface area contributed by atoms with Crippen LogP contribution in [0.1, 0.15) is 32.1 Å². The summed E-state index contributed by atoms with van der Waals surface area (Å²) in [7, 11) is 0.